The van der Waals surface area contributed by atoms with E-state index in [-0.39, 0.29) is 13.2 Å². The molecule has 326 valence electrons. The highest BCUT2D eigenvalue weighted by atomic mass is 16.7. The molecule has 2 aliphatic heterocycles. The lowest BCUT2D eigenvalue weighted by atomic mass is 9.98. The summed E-state index contributed by atoms with van der Waals surface area (Å²) in [5.41, 5.74) is 1.08. The first-order valence-electron chi connectivity index (χ1n) is 18.3. The fourth-order valence-corrected chi connectivity index (χ4v) is 5.81. The van der Waals surface area contributed by atoms with Crippen molar-refractivity contribution >= 4 is 47.8 Å². The third-order valence-corrected chi connectivity index (χ3v) is 7.89. The Bertz CT molecular complexity index is 1720. The van der Waals surface area contributed by atoms with Crippen LogP contribution in [-0.2, 0) is 95.2 Å². The van der Waals surface area contributed by atoms with Crippen molar-refractivity contribution in [3.8, 4) is 23.7 Å². The molecular formula is C40H46O20. The van der Waals surface area contributed by atoms with Gasteiger partial charge in [-0.15, -0.1) is 0 Å². The average Bonchev–Trinajstić information content (AvgIpc) is 3.14. The topological polar surface area (TPSA) is 247 Å². The molecule has 0 N–H and O–H groups in total. The second-order valence-corrected chi connectivity index (χ2v) is 12.9. The number of hydrogen-bond acceptors (Lipinski definition) is 20. The number of carbonyl (C=O) groups excluding carboxylic acids is 8. The lowest BCUT2D eigenvalue weighted by Crippen LogP contribution is -2.63. The number of esters is 8. The molecule has 0 aliphatic carbocycles. The van der Waals surface area contributed by atoms with E-state index in [0.717, 1.165) is 55.4 Å². The van der Waals surface area contributed by atoms with Crippen LogP contribution in [0.25, 0.3) is 0 Å². The van der Waals surface area contributed by atoms with Crippen molar-refractivity contribution in [2.45, 2.75) is 117 Å². The monoisotopic (exact) mass is 846 g/mol. The van der Waals surface area contributed by atoms with E-state index in [2.05, 4.69) is 23.7 Å². The van der Waals surface area contributed by atoms with E-state index in [1.54, 1.807) is 24.3 Å². The maximum Gasteiger partial charge on any atom is 0.303 e. The Morgan fingerprint density at radius 1 is 0.433 bits per heavy atom. The molecule has 2 aliphatic rings. The molecule has 0 aromatic heterocycles. The Kier molecular flexibility index (Phi) is 18.9. The first kappa shape index (κ1) is 48.3. The molecule has 3 rings (SSSR count). The van der Waals surface area contributed by atoms with Gasteiger partial charge < -0.3 is 56.8 Å². The summed E-state index contributed by atoms with van der Waals surface area (Å²) in [7, 11) is 0. The smallest absolute Gasteiger partial charge is 0.303 e. The van der Waals surface area contributed by atoms with Crippen LogP contribution < -0.4 is 0 Å². The summed E-state index contributed by atoms with van der Waals surface area (Å²) in [6.45, 7) is 7.55. The Morgan fingerprint density at radius 3 is 1.00 bits per heavy atom. The number of hydrogen-bond donors (Lipinski definition) is 0. The van der Waals surface area contributed by atoms with Gasteiger partial charge in [-0.2, -0.15) is 0 Å². The summed E-state index contributed by atoms with van der Waals surface area (Å²) in [5, 5.41) is 0. The second-order valence-electron chi connectivity index (χ2n) is 12.9. The van der Waals surface area contributed by atoms with E-state index in [9.17, 15) is 38.4 Å². The van der Waals surface area contributed by atoms with Crippen molar-refractivity contribution in [2.24, 2.45) is 0 Å². The zero-order valence-corrected chi connectivity index (χ0v) is 34.1. The van der Waals surface area contributed by atoms with Gasteiger partial charge in [-0.3, -0.25) is 38.4 Å². The predicted octanol–water partition coefficient (Wildman–Crippen LogP) is 0.589. The van der Waals surface area contributed by atoms with Gasteiger partial charge in [0.1, 0.15) is 38.6 Å². The highest BCUT2D eigenvalue weighted by molar-refractivity contribution is 5.70. The van der Waals surface area contributed by atoms with Crippen molar-refractivity contribution in [2.75, 3.05) is 26.4 Å². The van der Waals surface area contributed by atoms with E-state index in [1.165, 1.54) is 0 Å². The van der Waals surface area contributed by atoms with Crippen LogP contribution in [0.3, 0.4) is 0 Å². The van der Waals surface area contributed by atoms with Gasteiger partial charge in [0.05, 0.1) is 0 Å². The summed E-state index contributed by atoms with van der Waals surface area (Å²) >= 11 is 0. The molecule has 0 bridgehead atoms. The van der Waals surface area contributed by atoms with Gasteiger partial charge in [0.15, 0.2) is 49.2 Å². The quantitative estimate of drug-likeness (QED) is 0.141. The molecule has 0 spiro atoms. The number of ether oxygens (including phenoxy) is 12. The number of rotatable bonds is 14. The highest BCUT2D eigenvalue weighted by Gasteiger charge is 2.54. The first-order valence-corrected chi connectivity index (χ1v) is 18.3. The van der Waals surface area contributed by atoms with Crippen LogP contribution in [0.1, 0.15) is 66.5 Å². The number of carbonyl (C=O) groups is 8. The summed E-state index contributed by atoms with van der Waals surface area (Å²) in [5.74, 6) is 5.37. The lowest BCUT2D eigenvalue weighted by Gasteiger charge is -2.43. The van der Waals surface area contributed by atoms with Gasteiger partial charge in [-0.05, 0) is 24.3 Å². The van der Waals surface area contributed by atoms with E-state index in [4.69, 9.17) is 56.8 Å². The van der Waals surface area contributed by atoms with E-state index in [1.807, 2.05) is 0 Å². The maximum absolute atomic E-state index is 12.0. The van der Waals surface area contributed by atoms with E-state index >= 15 is 0 Å². The molecule has 20 heteroatoms. The molecule has 1 aromatic carbocycles. The van der Waals surface area contributed by atoms with Crippen LogP contribution in [0.5, 0.6) is 0 Å². The summed E-state index contributed by atoms with van der Waals surface area (Å²) in [6, 6.07) is 6.63. The molecule has 60 heavy (non-hydrogen) atoms. The maximum atomic E-state index is 12.0. The van der Waals surface area contributed by atoms with E-state index in [0.29, 0.717) is 11.1 Å². The fourth-order valence-electron chi connectivity index (χ4n) is 5.81. The number of benzene rings is 1. The van der Waals surface area contributed by atoms with Crippen molar-refractivity contribution in [3.05, 3.63) is 35.4 Å². The minimum Gasteiger partial charge on any atom is -0.463 e. The summed E-state index contributed by atoms with van der Waals surface area (Å²) in [6.07, 6.45) is -13.4. The van der Waals surface area contributed by atoms with Crippen molar-refractivity contribution in [1.82, 2.24) is 0 Å². The van der Waals surface area contributed by atoms with Crippen LogP contribution in [0, 0.1) is 23.7 Å². The third-order valence-electron chi connectivity index (χ3n) is 7.89. The molecule has 0 saturated carbocycles. The SMILES string of the molecule is CC(=O)OC[C@H]1O[C@H](OCC#Cc2ccc(C#CCO[C@H]3O[C@H](COC(C)=O)[C@@H](OC(C)=O)[C@H](OC(C)=O)[C@@H]3OC(C)=O)cc2)[C@@H](OC(C)=O)[C@@H](OC(C)=O)[C@@H]1OC(C)=O. The molecular weight excluding hydrogens is 800 g/mol. The van der Waals surface area contributed by atoms with Crippen LogP contribution in [0.2, 0.25) is 0 Å². The minimum atomic E-state index is -1.40. The molecule has 2 heterocycles. The summed E-state index contributed by atoms with van der Waals surface area (Å²) in [4.78, 5) is 95.1. The average molecular weight is 847 g/mol. The standard InChI is InChI=1S/C40H46O20/c1-21(41)51-19-31-33(53-23(3)43)35(55-25(5)45)37(57-27(7)47)39(59-31)49-17-9-11-29-13-15-30(16-14-29)12-10-18-50-40-38(58-28(8)48)36(56-26(6)46)34(54-24(4)44)32(60-40)20-52-22(2)42/h13-16,31-40H,17-20H2,1-8H3/t31-,32-,33-,34-,35+,36+,37+,38+,39+,40+/m1/s1. The molecule has 0 unspecified atom stereocenters. The van der Waals surface area contributed by atoms with E-state index < -0.39 is 122 Å². The fraction of sp³-hybridized carbons (Fsp3) is 0.550. The molecule has 0 amide bonds. The highest BCUT2D eigenvalue weighted by Crippen LogP contribution is 2.31. The Balaban J connectivity index is 1.73. The van der Waals surface area contributed by atoms with Crippen molar-refractivity contribution in [1.29, 1.82) is 0 Å². The van der Waals surface area contributed by atoms with Crippen LogP contribution >= 0.6 is 0 Å². The molecule has 2 saturated heterocycles. The normalized spacial score (nSPS) is 25.5. The lowest BCUT2D eigenvalue weighted by molar-refractivity contribution is -0.305. The molecule has 20 nitrogen and oxygen atoms in total. The zero-order chi connectivity index (χ0) is 44.5. The Hall–Kier alpha value is -6.06. The zero-order valence-electron chi connectivity index (χ0n) is 34.1. The van der Waals surface area contributed by atoms with Gasteiger partial charge >= 0.3 is 47.8 Å². The van der Waals surface area contributed by atoms with Crippen LogP contribution in [0.15, 0.2) is 24.3 Å². The van der Waals surface area contributed by atoms with Crippen LogP contribution in [0.4, 0.5) is 0 Å². The van der Waals surface area contributed by atoms with Gasteiger partial charge in [0, 0.05) is 66.5 Å². The Labute approximate surface area is 344 Å². The van der Waals surface area contributed by atoms with Gasteiger partial charge in [-0.1, -0.05) is 23.7 Å². The van der Waals surface area contributed by atoms with Crippen LogP contribution in [-0.4, -0.2) is 136 Å². The molecule has 0 radical (unpaired) electrons. The van der Waals surface area contributed by atoms with Crippen molar-refractivity contribution < 1.29 is 95.2 Å². The summed E-state index contributed by atoms with van der Waals surface area (Å²) < 4.78 is 65.7. The van der Waals surface area contributed by atoms with Gasteiger partial charge in [0.2, 0.25) is 0 Å². The second kappa shape index (κ2) is 23.5. The predicted molar refractivity (Wildman–Crippen MR) is 196 cm³/mol. The first-order chi connectivity index (χ1) is 28.3. The largest absolute Gasteiger partial charge is 0.463 e. The Morgan fingerprint density at radius 2 is 0.717 bits per heavy atom. The van der Waals surface area contributed by atoms with Gasteiger partial charge in [0.25, 0.3) is 0 Å². The molecule has 10 atom stereocenters. The molecule has 2 fully saturated rings. The van der Waals surface area contributed by atoms with Gasteiger partial charge in [-0.25, -0.2) is 0 Å². The molecule has 1 aromatic rings. The van der Waals surface area contributed by atoms with Crippen molar-refractivity contribution in [3.63, 3.8) is 0 Å². The minimum absolute atomic E-state index is 0.286. The third kappa shape index (κ3) is 15.9.